The molecule has 172 valence electrons. The zero-order valence-electron chi connectivity index (χ0n) is 18.1. The van der Waals surface area contributed by atoms with E-state index in [1.165, 1.54) is 28.1 Å². The molecular weight excluding hydrogens is 482 g/mol. The first-order valence-electron chi connectivity index (χ1n) is 10.2. The van der Waals surface area contributed by atoms with Gasteiger partial charge in [-0.2, -0.15) is 0 Å². The van der Waals surface area contributed by atoms with Gasteiger partial charge in [0.1, 0.15) is 0 Å². The fourth-order valence-electron chi connectivity index (χ4n) is 3.40. The summed E-state index contributed by atoms with van der Waals surface area (Å²) in [6.45, 7) is 0.329. The highest BCUT2D eigenvalue weighted by Crippen LogP contribution is 2.33. The fourth-order valence-corrected chi connectivity index (χ4v) is 5.48. The number of carbonyl (C=O) groups excluding carboxylic acids is 1. The summed E-state index contributed by atoms with van der Waals surface area (Å²) in [5.41, 5.74) is 2.07. The molecule has 0 radical (unpaired) electrons. The first kappa shape index (κ1) is 23.5. The Morgan fingerprint density at radius 1 is 1.21 bits per heavy atom. The molecule has 33 heavy (non-hydrogen) atoms. The average molecular weight is 504 g/mol. The van der Waals surface area contributed by atoms with E-state index in [-0.39, 0.29) is 17.2 Å². The Morgan fingerprint density at radius 2 is 2.00 bits per heavy atom. The second-order valence-electron chi connectivity index (χ2n) is 7.11. The minimum atomic E-state index is -0.178. The van der Waals surface area contributed by atoms with Crippen LogP contribution in [0.4, 0.5) is 0 Å². The number of hydrogen-bond acceptors (Lipinski definition) is 7. The zero-order chi connectivity index (χ0) is 23.4. The maximum Gasteiger partial charge on any atom is 0.272 e. The summed E-state index contributed by atoms with van der Waals surface area (Å²) in [7, 11) is 3.10. The Balaban J connectivity index is 1.59. The number of fused-ring (bicyclic) bond motifs is 1. The van der Waals surface area contributed by atoms with Crippen molar-refractivity contribution in [2.75, 3.05) is 25.7 Å². The van der Waals surface area contributed by atoms with Gasteiger partial charge in [0, 0.05) is 29.8 Å². The molecule has 0 aliphatic carbocycles. The maximum absolute atomic E-state index is 13.3. The third-order valence-corrected chi connectivity index (χ3v) is 7.47. The fraction of sp³-hybridized carbons (Fsp3) is 0.261. The molecule has 1 aromatic heterocycles. The van der Waals surface area contributed by atoms with Crippen LogP contribution in [0.15, 0.2) is 57.3 Å². The van der Waals surface area contributed by atoms with Crippen LogP contribution in [0, 0.1) is 0 Å². The van der Waals surface area contributed by atoms with Gasteiger partial charge in [-0.15, -0.1) is 11.8 Å². The number of aryl methyl sites for hydroxylation is 1. The number of nitrogens with one attached hydrogen (secondary N) is 1. The van der Waals surface area contributed by atoms with Gasteiger partial charge < -0.3 is 14.8 Å². The van der Waals surface area contributed by atoms with Crippen molar-refractivity contribution in [3.05, 3.63) is 69.1 Å². The number of halogens is 1. The van der Waals surface area contributed by atoms with E-state index in [0.717, 1.165) is 23.4 Å². The van der Waals surface area contributed by atoms with Gasteiger partial charge in [0.05, 0.1) is 36.2 Å². The highest BCUT2D eigenvalue weighted by molar-refractivity contribution is 8.00. The number of methoxy groups -OCH3 is 2. The number of rotatable bonds is 8. The SMILES string of the molecule is COc1ccc(-n2c(SCC(=O)NCc3ccccc3Cl)nc3c(c2=O)SCC3)cc1OC. The number of amides is 1. The number of carbonyl (C=O) groups is 1. The number of thioether (sulfide) groups is 2. The van der Waals surface area contributed by atoms with Crippen molar-refractivity contribution < 1.29 is 14.3 Å². The molecule has 1 aliphatic rings. The minimum absolute atomic E-state index is 0.107. The molecule has 1 N–H and O–H groups in total. The maximum atomic E-state index is 13.3. The second kappa shape index (κ2) is 10.5. The van der Waals surface area contributed by atoms with E-state index >= 15 is 0 Å². The summed E-state index contributed by atoms with van der Waals surface area (Å²) in [6.07, 6.45) is 0.730. The molecule has 2 heterocycles. The summed E-state index contributed by atoms with van der Waals surface area (Å²) >= 11 is 8.89. The summed E-state index contributed by atoms with van der Waals surface area (Å²) in [6, 6.07) is 12.6. The van der Waals surface area contributed by atoms with Gasteiger partial charge in [-0.3, -0.25) is 14.2 Å². The molecule has 1 aliphatic heterocycles. The van der Waals surface area contributed by atoms with Gasteiger partial charge in [-0.05, 0) is 23.8 Å². The van der Waals surface area contributed by atoms with E-state index in [4.69, 9.17) is 26.1 Å². The highest BCUT2D eigenvalue weighted by Gasteiger charge is 2.23. The van der Waals surface area contributed by atoms with E-state index in [1.54, 1.807) is 38.5 Å². The van der Waals surface area contributed by atoms with Crippen molar-refractivity contribution in [1.82, 2.24) is 14.9 Å². The third-order valence-electron chi connectivity index (χ3n) is 5.06. The quantitative estimate of drug-likeness (QED) is 0.368. The molecule has 0 saturated heterocycles. The highest BCUT2D eigenvalue weighted by atomic mass is 35.5. The first-order chi connectivity index (χ1) is 16.0. The topological polar surface area (TPSA) is 82.5 Å². The smallest absolute Gasteiger partial charge is 0.272 e. The van der Waals surface area contributed by atoms with Crippen molar-refractivity contribution in [3.8, 4) is 17.2 Å². The lowest BCUT2D eigenvalue weighted by atomic mass is 10.2. The molecule has 4 rings (SSSR count). The molecule has 1 amide bonds. The van der Waals surface area contributed by atoms with Crippen LogP contribution in [-0.2, 0) is 17.8 Å². The van der Waals surface area contributed by atoms with Crippen LogP contribution in [0.2, 0.25) is 5.02 Å². The first-order valence-corrected chi connectivity index (χ1v) is 12.5. The molecule has 0 unspecified atom stereocenters. The van der Waals surface area contributed by atoms with Crippen LogP contribution in [0.3, 0.4) is 0 Å². The van der Waals surface area contributed by atoms with Gasteiger partial charge in [0.2, 0.25) is 5.91 Å². The monoisotopic (exact) mass is 503 g/mol. The van der Waals surface area contributed by atoms with Crippen molar-refractivity contribution in [2.45, 2.75) is 23.0 Å². The predicted molar refractivity (Wildman–Crippen MR) is 131 cm³/mol. The molecule has 0 saturated carbocycles. The number of ether oxygens (including phenoxy) is 2. The van der Waals surface area contributed by atoms with Crippen LogP contribution in [0.25, 0.3) is 5.69 Å². The molecule has 3 aromatic rings. The summed E-state index contributed by atoms with van der Waals surface area (Å²) in [4.78, 5) is 31.2. The molecule has 0 spiro atoms. The van der Waals surface area contributed by atoms with E-state index in [2.05, 4.69) is 5.32 Å². The molecule has 0 fully saturated rings. The standard InChI is InChI=1S/C23H22ClN3O4S2/c1-30-18-8-7-15(11-19(18)31-2)27-22(29)21-17(9-10-32-21)26-23(27)33-13-20(28)25-12-14-5-3-4-6-16(14)24/h3-8,11H,9-10,12-13H2,1-2H3,(H,25,28). The molecule has 10 heteroatoms. The van der Waals surface area contributed by atoms with Crippen molar-refractivity contribution in [1.29, 1.82) is 0 Å². The number of hydrogen-bond donors (Lipinski definition) is 1. The van der Waals surface area contributed by atoms with Gasteiger partial charge >= 0.3 is 0 Å². The van der Waals surface area contributed by atoms with Crippen molar-refractivity contribution in [2.24, 2.45) is 0 Å². The largest absolute Gasteiger partial charge is 0.493 e. The van der Waals surface area contributed by atoms with Crippen LogP contribution in [0.1, 0.15) is 11.3 Å². The van der Waals surface area contributed by atoms with E-state index in [0.29, 0.717) is 38.8 Å². The van der Waals surface area contributed by atoms with E-state index in [1.807, 2.05) is 18.2 Å². The Labute approximate surface area is 204 Å². The van der Waals surface area contributed by atoms with Gasteiger partial charge in [0.15, 0.2) is 16.7 Å². The Bertz CT molecular complexity index is 1250. The molecule has 0 bridgehead atoms. The lowest BCUT2D eigenvalue weighted by molar-refractivity contribution is -0.118. The van der Waals surface area contributed by atoms with E-state index < -0.39 is 0 Å². The van der Waals surface area contributed by atoms with Gasteiger partial charge in [-0.25, -0.2) is 4.98 Å². The van der Waals surface area contributed by atoms with Gasteiger partial charge in [0.25, 0.3) is 5.56 Å². The van der Waals surface area contributed by atoms with Crippen LogP contribution >= 0.6 is 35.1 Å². The molecule has 0 atom stereocenters. The Kier molecular flexibility index (Phi) is 7.52. The average Bonchev–Trinajstić information content (AvgIpc) is 3.31. The lowest BCUT2D eigenvalue weighted by Crippen LogP contribution is -2.27. The van der Waals surface area contributed by atoms with Crippen LogP contribution in [-0.4, -0.2) is 41.2 Å². The van der Waals surface area contributed by atoms with Crippen LogP contribution < -0.4 is 20.3 Å². The van der Waals surface area contributed by atoms with Gasteiger partial charge in [-0.1, -0.05) is 41.6 Å². The Morgan fingerprint density at radius 3 is 2.76 bits per heavy atom. The number of nitrogens with zero attached hydrogens (tertiary/aromatic N) is 2. The second-order valence-corrected chi connectivity index (χ2v) is 9.56. The predicted octanol–water partition coefficient (Wildman–Crippen LogP) is 3.96. The summed E-state index contributed by atoms with van der Waals surface area (Å²) in [5, 5.41) is 3.93. The lowest BCUT2D eigenvalue weighted by Gasteiger charge is -2.15. The van der Waals surface area contributed by atoms with Crippen molar-refractivity contribution >= 4 is 41.0 Å². The summed E-state index contributed by atoms with van der Waals surface area (Å²) < 4.78 is 12.3. The molecule has 7 nitrogen and oxygen atoms in total. The third kappa shape index (κ3) is 5.15. The number of aromatic nitrogens is 2. The Hall–Kier alpha value is -2.62. The van der Waals surface area contributed by atoms with Crippen molar-refractivity contribution in [3.63, 3.8) is 0 Å². The summed E-state index contributed by atoms with van der Waals surface area (Å²) in [5.74, 6) is 1.81. The number of benzene rings is 2. The zero-order valence-corrected chi connectivity index (χ0v) is 20.5. The molecule has 2 aromatic carbocycles. The van der Waals surface area contributed by atoms with E-state index in [9.17, 15) is 9.59 Å². The normalized spacial score (nSPS) is 12.3. The molecular formula is C23H22ClN3O4S2. The minimum Gasteiger partial charge on any atom is -0.493 e. The van der Waals surface area contributed by atoms with Crippen LogP contribution in [0.5, 0.6) is 11.5 Å².